The number of hydrogen-bond donors (Lipinski definition) is 8. The van der Waals surface area contributed by atoms with Gasteiger partial charge in [-0.25, -0.2) is 14.4 Å². The first-order chi connectivity index (χ1) is 41.5. The lowest BCUT2D eigenvalue weighted by Gasteiger charge is -2.42. The molecule has 4 aliphatic heterocycles. The molecule has 0 spiro atoms. The van der Waals surface area contributed by atoms with Gasteiger partial charge in [0.05, 0.1) is 43.7 Å². The molecule has 0 unspecified atom stereocenters. The topological polar surface area (TPSA) is 340 Å². The van der Waals surface area contributed by atoms with Gasteiger partial charge in [-0.2, -0.15) is 0 Å². The Kier molecular flexibility index (Phi) is 23.9. The third-order valence-electron chi connectivity index (χ3n) is 16.0. The minimum absolute atomic E-state index is 0.0251. The second-order valence-corrected chi connectivity index (χ2v) is 23.5. The van der Waals surface area contributed by atoms with Crippen LogP contribution in [0.2, 0.25) is 5.02 Å². The number of thiocarbonyl (C=S) groups is 1. The zero-order valence-corrected chi connectivity index (χ0v) is 52.9. The van der Waals surface area contributed by atoms with Gasteiger partial charge in [0, 0.05) is 71.4 Å². The smallest absolute Gasteiger partial charge is 0.409 e. The van der Waals surface area contributed by atoms with Crippen LogP contribution in [0.15, 0.2) is 66.3 Å². The van der Waals surface area contributed by atoms with Crippen LogP contribution in [-0.2, 0) is 54.1 Å². The molecule has 480 valence electrons. The number of aliphatic hydroxyl groups is 1. The fourth-order valence-corrected chi connectivity index (χ4v) is 11.1. The lowest BCUT2D eigenvalue weighted by atomic mass is 9.83. The Morgan fingerprint density at radius 2 is 1.66 bits per heavy atom. The molecule has 26 nitrogen and oxygen atoms in total. The molecule has 2 fully saturated rings. The molecule has 0 aliphatic carbocycles. The molecular weight excluding hydrogens is 1180 g/mol. The molecule has 28 heteroatoms. The van der Waals surface area contributed by atoms with Gasteiger partial charge in [0.1, 0.15) is 58.6 Å². The zero-order valence-electron chi connectivity index (χ0n) is 51.3. The van der Waals surface area contributed by atoms with E-state index >= 15 is 0 Å². The van der Waals surface area contributed by atoms with Crippen molar-refractivity contribution < 1.29 is 76.7 Å². The number of primary amides is 1. The molecule has 4 bridgehead atoms. The Balaban J connectivity index is 1.23. The van der Waals surface area contributed by atoms with Crippen molar-refractivity contribution >= 4 is 93.8 Å². The van der Waals surface area contributed by atoms with Gasteiger partial charge in [-0.15, -0.1) is 0 Å². The Hall–Kier alpha value is -7.85. The molecule has 0 aromatic heterocycles. The first-order valence-electron chi connectivity index (χ1n) is 28.8. The number of nitrogens with one attached hydrogen (secondary N) is 6. The van der Waals surface area contributed by atoms with Crippen LogP contribution in [-0.4, -0.2) is 182 Å². The second kappa shape index (κ2) is 30.4. The van der Waals surface area contributed by atoms with E-state index in [9.17, 15) is 48.3 Å². The van der Waals surface area contributed by atoms with E-state index in [1.807, 2.05) is 13.0 Å². The summed E-state index contributed by atoms with van der Waals surface area (Å²) in [5, 5.41) is 28.8. The van der Waals surface area contributed by atoms with Crippen molar-refractivity contribution in [3.8, 4) is 11.5 Å². The lowest BCUT2D eigenvalue weighted by molar-refractivity contribution is -0.158. The molecule has 10 atom stereocenters. The number of ether oxygens (including phenoxy) is 6. The zero-order chi connectivity index (χ0) is 64.9. The molecule has 4 aliphatic rings. The minimum Gasteiger partial charge on any atom is -0.497 e. The number of carbonyl (C=O) groups excluding carboxylic acids is 9. The third kappa shape index (κ3) is 17.3. The number of carbonyl (C=O) groups is 9. The normalized spacial score (nSPS) is 24.7. The number of methoxy groups -OCH3 is 3. The lowest BCUT2D eigenvalue weighted by Crippen LogP contribution is -2.63. The summed E-state index contributed by atoms with van der Waals surface area (Å²) in [5.41, 5.74) is 3.66. The number of anilines is 2. The number of epoxide rings is 1. The Bertz CT molecular complexity index is 3070. The molecule has 2 saturated heterocycles. The molecule has 0 saturated carbocycles. The Morgan fingerprint density at radius 3 is 2.31 bits per heavy atom. The van der Waals surface area contributed by atoms with E-state index in [0.717, 1.165) is 20.9 Å². The molecule has 2 aromatic carbocycles. The van der Waals surface area contributed by atoms with Gasteiger partial charge in [-0.1, -0.05) is 56.2 Å². The summed E-state index contributed by atoms with van der Waals surface area (Å²) in [7, 11) is 7.07. The number of amides is 9. The van der Waals surface area contributed by atoms with Crippen molar-refractivity contribution in [1.82, 2.24) is 36.4 Å². The number of hydrogen-bond acceptors (Lipinski definition) is 17. The second-order valence-electron chi connectivity index (χ2n) is 22.7. The van der Waals surface area contributed by atoms with E-state index in [4.69, 9.17) is 58.0 Å². The van der Waals surface area contributed by atoms with Gasteiger partial charge in [0.25, 0.3) is 17.7 Å². The number of likely N-dealkylation sites (N-methyl/N-ethyl adjacent to an activating group) is 1. The van der Waals surface area contributed by atoms with Gasteiger partial charge in [0.15, 0.2) is 10.8 Å². The van der Waals surface area contributed by atoms with Crippen LogP contribution in [0.4, 0.5) is 21.0 Å². The van der Waals surface area contributed by atoms with Crippen LogP contribution >= 0.6 is 23.8 Å². The number of nitrogens with two attached hydrogens (primary N) is 1. The SMILES string of the molecule is COc1ccc(C(=O)N(C)[C@@H](C)C(=O)O[C@H]2CC(=O)N(C)c3cc(cc(OC)c3Cl)C/C(C)=C/C=C/[C@@H](OC)[C@@]3(O)C[C@H](OC(=O)N3)[C@@H](C)[C@@H]3O[C@@]23C)c(NC(=O)[C@H](CCCNC(N)=O)NC(=O)[C@@H](NC(=S)NCCCCN2C(=O)C=CC2=O)C(C)C)c1. The van der Waals surface area contributed by atoms with E-state index in [2.05, 4.69) is 31.9 Å². The summed E-state index contributed by atoms with van der Waals surface area (Å²) >= 11 is 12.4. The number of imide groups is 1. The highest BCUT2D eigenvalue weighted by molar-refractivity contribution is 7.80. The first-order valence-corrected chi connectivity index (χ1v) is 29.6. The number of alkyl carbamates (subject to hydrolysis) is 1. The van der Waals surface area contributed by atoms with E-state index in [0.29, 0.717) is 37.2 Å². The van der Waals surface area contributed by atoms with Crippen molar-refractivity contribution in [1.29, 1.82) is 0 Å². The Morgan fingerprint density at radius 1 is 0.966 bits per heavy atom. The largest absolute Gasteiger partial charge is 0.497 e. The van der Waals surface area contributed by atoms with Crippen LogP contribution in [0.5, 0.6) is 11.5 Å². The average Bonchev–Trinajstić information content (AvgIpc) is 1.79. The maximum atomic E-state index is 14.7. The summed E-state index contributed by atoms with van der Waals surface area (Å²) in [5.74, 6) is -4.95. The highest BCUT2D eigenvalue weighted by Gasteiger charge is 2.64. The summed E-state index contributed by atoms with van der Waals surface area (Å²) in [4.78, 5) is 125. The van der Waals surface area contributed by atoms with Gasteiger partial charge >= 0.3 is 18.1 Å². The van der Waals surface area contributed by atoms with E-state index in [-0.39, 0.29) is 77.2 Å². The molecule has 9 N–H and O–H groups in total. The fraction of sp³-hybridized carbons (Fsp3) is 0.533. The van der Waals surface area contributed by atoms with E-state index in [1.165, 1.54) is 77.6 Å². The predicted octanol–water partition coefficient (Wildman–Crippen LogP) is 3.90. The van der Waals surface area contributed by atoms with Crippen molar-refractivity contribution in [2.45, 2.75) is 140 Å². The quantitative estimate of drug-likeness (QED) is 0.0272. The number of unbranched alkanes of at least 4 members (excludes halogenated alkanes) is 1. The van der Waals surface area contributed by atoms with Gasteiger partial charge in [-0.05, 0) is 101 Å². The van der Waals surface area contributed by atoms with Crippen LogP contribution < -0.4 is 52.0 Å². The molecule has 6 rings (SSSR count). The van der Waals surface area contributed by atoms with Crippen LogP contribution in [0.25, 0.3) is 0 Å². The number of halogens is 1. The van der Waals surface area contributed by atoms with Crippen LogP contribution in [0, 0.1) is 11.8 Å². The molecular formula is C60H81ClN10O16S. The van der Waals surface area contributed by atoms with Crippen molar-refractivity contribution in [3.05, 3.63) is 82.4 Å². The van der Waals surface area contributed by atoms with E-state index in [1.54, 1.807) is 52.0 Å². The van der Waals surface area contributed by atoms with Gasteiger partial charge in [-0.3, -0.25) is 39.0 Å². The molecule has 88 heavy (non-hydrogen) atoms. The fourth-order valence-electron chi connectivity index (χ4n) is 10.6. The van der Waals surface area contributed by atoms with Crippen LogP contribution in [0.1, 0.15) is 96.0 Å². The van der Waals surface area contributed by atoms with Crippen molar-refractivity contribution in [3.63, 3.8) is 0 Å². The number of nitrogens with zero attached hydrogens (tertiary/aromatic N) is 3. The predicted molar refractivity (Wildman–Crippen MR) is 328 cm³/mol. The molecule has 0 radical (unpaired) electrons. The van der Waals surface area contributed by atoms with Crippen LogP contribution in [0.3, 0.4) is 0 Å². The summed E-state index contributed by atoms with van der Waals surface area (Å²) in [6, 6.07) is 3.30. The molecule has 4 heterocycles. The summed E-state index contributed by atoms with van der Waals surface area (Å²) in [6.07, 6.45) is 3.39. The Labute approximate surface area is 521 Å². The average molecular weight is 1270 g/mol. The highest BCUT2D eigenvalue weighted by Crippen LogP contribution is 2.49. The summed E-state index contributed by atoms with van der Waals surface area (Å²) < 4.78 is 35.2. The maximum Gasteiger partial charge on any atom is 0.409 e. The summed E-state index contributed by atoms with van der Waals surface area (Å²) in [6.45, 7) is 10.8. The number of allylic oxidation sites excluding steroid dienone is 3. The van der Waals surface area contributed by atoms with Crippen molar-refractivity contribution in [2.75, 3.05) is 65.3 Å². The monoisotopic (exact) mass is 1260 g/mol. The van der Waals surface area contributed by atoms with Crippen molar-refractivity contribution in [2.24, 2.45) is 17.6 Å². The number of rotatable bonds is 22. The number of urea groups is 1. The van der Waals surface area contributed by atoms with Gasteiger partial charge in [0.2, 0.25) is 17.7 Å². The molecule has 2 aromatic rings. The maximum absolute atomic E-state index is 14.7. The van der Waals surface area contributed by atoms with Gasteiger partial charge < -0.3 is 75.6 Å². The number of fused-ring (bicyclic) bond motifs is 5. The van der Waals surface area contributed by atoms with E-state index < -0.39 is 108 Å². The first kappa shape index (κ1) is 69.3. The number of esters is 1. The highest BCUT2D eigenvalue weighted by atomic mass is 35.5. The number of benzene rings is 2. The minimum atomic E-state index is -1.94. The molecule has 9 amide bonds. The third-order valence-corrected chi connectivity index (χ3v) is 16.6. The standard InChI is InChI=1S/C60H81ClN10O16S/c1-32(2)50(67-57(88)64-23-12-13-25-71-46(72)21-22-47(71)73)53(76)65-39(17-15-24-63-56(62)79)52(75)66-40-29-37(82-9)19-20-38(40)54(77)69(7)35(5)55(78)86-45-30-48(74)70(8)41-27-36(28-42(83-10)49(41)61)26-33(3)16-14-18-44(84-11)60(81)31-43(85-58(80)68-60)34(4)51-59(45,6)87-51/h14,16,18-22,27-29,32,34-35,39,43-45,50-51,81H,12-13,15,17,23-26,30-31H2,1-11H3,(H,65,76)(H,66,75)(H,68,80)(H3,62,63,79)(H2,64,67,88)/b18-14+,33-16+/t34-,35+,39+,43+,44-,45+,50+,51+,59+,60+/m1/s1.